The zero-order valence-corrected chi connectivity index (χ0v) is 8.79. The highest BCUT2D eigenvalue weighted by molar-refractivity contribution is 9.10. The quantitative estimate of drug-likeness (QED) is 0.803. The monoisotopic (exact) mass is 238 g/mol. The summed E-state index contributed by atoms with van der Waals surface area (Å²) in [6, 6.07) is 7.82. The summed E-state index contributed by atoms with van der Waals surface area (Å²) in [7, 11) is 0. The molecule has 1 atom stereocenters. The van der Waals surface area contributed by atoms with E-state index in [1.807, 2.05) is 24.3 Å². The van der Waals surface area contributed by atoms with E-state index in [1.54, 1.807) is 0 Å². The molecule has 1 aromatic carbocycles. The van der Waals surface area contributed by atoms with Crippen LogP contribution in [0.2, 0.25) is 0 Å². The number of halogens is 1. The summed E-state index contributed by atoms with van der Waals surface area (Å²) in [6.07, 6.45) is 5.67. The summed E-state index contributed by atoms with van der Waals surface area (Å²) in [5, 5.41) is 9.46. The maximum absolute atomic E-state index is 9.46. The molecule has 68 valence electrons. The average molecular weight is 239 g/mol. The van der Waals surface area contributed by atoms with Gasteiger partial charge in [0.05, 0.1) is 6.10 Å². The Hall–Kier alpha value is -0.780. The van der Waals surface area contributed by atoms with Gasteiger partial charge >= 0.3 is 0 Å². The fourth-order valence-corrected chi connectivity index (χ4v) is 1.57. The van der Waals surface area contributed by atoms with E-state index in [2.05, 4.69) is 21.9 Å². The number of hydrogen-bond donors (Lipinski definition) is 1. The maximum Gasteiger partial charge on any atom is 0.0689 e. The first-order chi connectivity index (χ1) is 6.24. The Kier molecular flexibility index (Phi) is 4.01. The summed E-state index contributed by atoms with van der Waals surface area (Å²) in [6.45, 7) is 0. The van der Waals surface area contributed by atoms with Crippen molar-refractivity contribution >= 4 is 15.9 Å². The minimum atomic E-state index is -0.441. The first-order valence-corrected chi connectivity index (χ1v) is 4.88. The van der Waals surface area contributed by atoms with Crippen molar-refractivity contribution < 1.29 is 5.11 Å². The van der Waals surface area contributed by atoms with Crippen molar-refractivity contribution in [1.29, 1.82) is 0 Å². The van der Waals surface area contributed by atoms with Crippen molar-refractivity contribution in [3.8, 4) is 12.3 Å². The van der Waals surface area contributed by atoms with Crippen LogP contribution in [0.4, 0.5) is 0 Å². The molecule has 0 bridgehead atoms. The first kappa shape index (κ1) is 10.3. The number of rotatable bonds is 3. The molecule has 0 spiro atoms. The fourth-order valence-electron chi connectivity index (χ4n) is 1.13. The van der Waals surface area contributed by atoms with Gasteiger partial charge in [0.2, 0.25) is 0 Å². The van der Waals surface area contributed by atoms with Crippen LogP contribution in [0.15, 0.2) is 28.7 Å². The molecule has 1 unspecified atom stereocenters. The summed E-state index contributed by atoms with van der Waals surface area (Å²) in [5.41, 5.74) is 1.09. The number of hydrogen-bond acceptors (Lipinski definition) is 1. The van der Waals surface area contributed by atoms with Gasteiger partial charge in [-0.3, -0.25) is 0 Å². The zero-order valence-electron chi connectivity index (χ0n) is 7.20. The molecule has 0 saturated carbocycles. The van der Waals surface area contributed by atoms with Gasteiger partial charge in [0.1, 0.15) is 0 Å². The van der Waals surface area contributed by atoms with Crippen LogP contribution in [0.3, 0.4) is 0 Å². The van der Waals surface area contributed by atoms with Gasteiger partial charge in [0.25, 0.3) is 0 Å². The Morgan fingerprint density at radius 2 is 2.15 bits per heavy atom. The normalized spacial score (nSPS) is 12.1. The van der Waals surface area contributed by atoms with Crippen LogP contribution in [0, 0.1) is 12.3 Å². The van der Waals surface area contributed by atoms with Gasteiger partial charge in [0, 0.05) is 17.3 Å². The largest absolute Gasteiger partial charge is 0.392 e. The Bertz CT molecular complexity index is 314. The fraction of sp³-hybridized carbons (Fsp3) is 0.273. The predicted molar refractivity (Wildman–Crippen MR) is 57.3 cm³/mol. The van der Waals surface area contributed by atoms with Crippen LogP contribution < -0.4 is 0 Å². The van der Waals surface area contributed by atoms with Gasteiger partial charge in [0.15, 0.2) is 0 Å². The molecule has 0 radical (unpaired) electrons. The van der Waals surface area contributed by atoms with Crippen molar-refractivity contribution in [2.45, 2.75) is 18.9 Å². The van der Waals surface area contributed by atoms with E-state index >= 15 is 0 Å². The molecule has 1 rings (SSSR count). The van der Waals surface area contributed by atoms with E-state index in [1.165, 1.54) is 0 Å². The number of terminal acetylenes is 1. The number of aliphatic hydroxyl groups is 1. The lowest BCUT2D eigenvalue weighted by atomic mass is 10.1. The summed E-state index contributed by atoms with van der Waals surface area (Å²) >= 11 is 3.41. The molecule has 2 heteroatoms. The van der Waals surface area contributed by atoms with Crippen LogP contribution in [-0.4, -0.2) is 11.2 Å². The highest BCUT2D eigenvalue weighted by Crippen LogP contribution is 2.17. The summed E-state index contributed by atoms with van der Waals surface area (Å²) in [4.78, 5) is 0. The molecular weight excluding hydrogens is 228 g/mol. The molecule has 1 aromatic rings. The van der Waals surface area contributed by atoms with Gasteiger partial charge in [-0.15, -0.1) is 12.3 Å². The molecule has 0 heterocycles. The molecule has 1 N–H and O–H groups in total. The van der Waals surface area contributed by atoms with Crippen LogP contribution >= 0.6 is 15.9 Å². The van der Waals surface area contributed by atoms with Crippen LogP contribution in [0.5, 0.6) is 0 Å². The predicted octanol–water partition coefficient (Wildman–Crippen LogP) is 2.38. The highest BCUT2D eigenvalue weighted by Gasteiger charge is 2.05. The molecular formula is C11H11BrO. The molecule has 0 aliphatic rings. The van der Waals surface area contributed by atoms with E-state index in [4.69, 9.17) is 6.42 Å². The second-order valence-corrected chi connectivity index (χ2v) is 3.71. The zero-order chi connectivity index (χ0) is 9.68. The van der Waals surface area contributed by atoms with Crippen LogP contribution in [0.1, 0.15) is 12.0 Å². The van der Waals surface area contributed by atoms with Crippen molar-refractivity contribution in [3.05, 3.63) is 34.3 Å². The van der Waals surface area contributed by atoms with Gasteiger partial charge in [-0.25, -0.2) is 0 Å². The SMILES string of the molecule is C#CCC(O)Cc1ccccc1Br. The Labute approximate surface area is 86.9 Å². The third-order valence-electron chi connectivity index (χ3n) is 1.77. The minimum absolute atomic E-state index is 0.404. The summed E-state index contributed by atoms with van der Waals surface area (Å²) in [5.74, 6) is 2.44. The standard InChI is InChI=1S/C11H11BrO/c1-2-5-10(13)8-9-6-3-4-7-11(9)12/h1,3-4,6-7,10,13H,5,8H2. The second kappa shape index (κ2) is 5.06. The lowest BCUT2D eigenvalue weighted by molar-refractivity contribution is 0.180. The molecule has 1 nitrogen and oxygen atoms in total. The second-order valence-electron chi connectivity index (χ2n) is 2.86. The smallest absolute Gasteiger partial charge is 0.0689 e. The van der Waals surface area contributed by atoms with E-state index < -0.39 is 6.10 Å². The third-order valence-corrected chi connectivity index (χ3v) is 2.54. The van der Waals surface area contributed by atoms with Crippen molar-refractivity contribution in [3.63, 3.8) is 0 Å². The molecule has 0 aliphatic heterocycles. The maximum atomic E-state index is 9.46. The topological polar surface area (TPSA) is 20.2 Å². The Morgan fingerprint density at radius 1 is 1.46 bits per heavy atom. The van der Waals surface area contributed by atoms with E-state index in [0.717, 1.165) is 10.0 Å². The Balaban J connectivity index is 2.64. The van der Waals surface area contributed by atoms with Crippen molar-refractivity contribution in [1.82, 2.24) is 0 Å². The van der Waals surface area contributed by atoms with E-state index in [0.29, 0.717) is 12.8 Å². The molecule has 13 heavy (non-hydrogen) atoms. The number of benzene rings is 1. The van der Waals surface area contributed by atoms with Crippen LogP contribution in [-0.2, 0) is 6.42 Å². The molecule has 0 aromatic heterocycles. The van der Waals surface area contributed by atoms with Gasteiger partial charge in [-0.2, -0.15) is 0 Å². The lowest BCUT2D eigenvalue weighted by Crippen LogP contribution is -2.09. The van der Waals surface area contributed by atoms with Gasteiger partial charge in [-0.1, -0.05) is 34.1 Å². The third kappa shape index (κ3) is 3.22. The van der Waals surface area contributed by atoms with Gasteiger partial charge in [-0.05, 0) is 11.6 Å². The van der Waals surface area contributed by atoms with E-state index in [-0.39, 0.29) is 0 Å². The lowest BCUT2D eigenvalue weighted by Gasteiger charge is -2.08. The molecule has 0 amide bonds. The number of aliphatic hydroxyl groups excluding tert-OH is 1. The van der Waals surface area contributed by atoms with Crippen molar-refractivity contribution in [2.75, 3.05) is 0 Å². The highest BCUT2D eigenvalue weighted by atomic mass is 79.9. The minimum Gasteiger partial charge on any atom is -0.392 e. The summed E-state index contributed by atoms with van der Waals surface area (Å²) < 4.78 is 1.02. The average Bonchev–Trinajstić information content (AvgIpc) is 2.09. The molecule has 0 fully saturated rings. The van der Waals surface area contributed by atoms with Crippen molar-refractivity contribution in [2.24, 2.45) is 0 Å². The molecule has 0 aliphatic carbocycles. The Morgan fingerprint density at radius 3 is 2.77 bits per heavy atom. The first-order valence-electron chi connectivity index (χ1n) is 4.09. The van der Waals surface area contributed by atoms with Gasteiger partial charge < -0.3 is 5.11 Å². The molecule has 0 saturated heterocycles. The van der Waals surface area contributed by atoms with Crippen LogP contribution in [0.25, 0.3) is 0 Å². The van der Waals surface area contributed by atoms with E-state index in [9.17, 15) is 5.11 Å².